The summed E-state index contributed by atoms with van der Waals surface area (Å²) >= 11 is 0. The fourth-order valence-corrected chi connectivity index (χ4v) is 2.39. The van der Waals surface area contributed by atoms with Gasteiger partial charge in [0.15, 0.2) is 5.43 Å². The second kappa shape index (κ2) is 7.37. The van der Waals surface area contributed by atoms with Crippen LogP contribution in [0.1, 0.15) is 12.0 Å². The standard InChI is InChI=1S/C18H8F6O4/c19-8-2-3-9-10(5-8)27-6-7(17(9)26)1-4-11(25)28-18-15(23)13(21)12(20)14(22)16(18)24/h2-3,5-6H,1,4H2. The minimum atomic E-state index is -2.39. The molecule has 3 rings (SSSR count). The van der Waals surface area contributed by atoms with Crippen molar-refractivity contribution >= 4 is 16.9 Å². The Hall–Kier alpha value is -3.30. The van der Waals surface area contributed by atoms with Crippen molar-refractivity contribution in [1.29, 1.82) is 0 Å². The normalized spacial score (nSPS) is 11.1. The Morgan fingerprint density at radius 3 is 2.18 bits per heavy atom. The number of ether oxygens (including phenoxy) is 1. The monoisotopic (exact) mass is 402 g/mol. The average Bonchev–Trinajstić information content (AvgIpc) is 2.67. The Labute approximate surface area is 151 Å². The van der Waals surface area contributed by atoms with Crippen LogP contribution in [0.25, 0.3) is 11.0 Å². The van der Waals surface area contributed by atoms with Crippen LogP contribution >= 0.6 is 0 Å². The number of fused-ring (bicyclic) bond motifs is 1. The summed E-state index contributed by atoms with van der Waals surface area (Å²) < 4.78 is 88.6. The number of benzene rings is 2. The summed E-state index contributed by atoms with van der Waals surface area (Å²) in [6.07, 6.45) is 0.0244. The lowest BCUT2D eigenvalue weighted by Gasteiger charge is -2.08. The van der Waals surface area contributed by atoms with E-state index in [0.717, 1.165) is 18.4 Å². The van der Waals surface area contributed by atoms with Crippen LogP contribution in [0.4, 0.5) is 26.3 Å². The highest BCUT2D eigenvalue weighted by atomic mass is 19.2. The van der Waals surface area contributed by atoms with Gasteiger partial charge in [-0.25, -0.2) is 17.6 Å². The predicted octanol–water partition coefficient (Wildman–Crippen LogP) is 4.17. The van der Waals surface area contributed by atoms with Gasteiger partial charge >= 0.3 is 5.97 Å². The smallest absolute Gasteiger partial charge is 0.311 e. The van der Waals surface area contributed by atoms with Crippen LogP contribution in [0, 0.1) is 34.9 Å². The van der Waals surface area contributed by atoms with Crippen LogP contribution in [0.5, 0.6) is 5.75 Å². The lowest BCUT2D eigenvalue weighted by molar-refractivity contribution is -0.134. The Balaban J connectivity index is 1.79. The molecule has 0 saturated carbocycles. The number of hydrogen-bond donors (Lipinski definition) is 0. The van der Waals surface area contributed by atoms with Gasteiger partial charge in [0.1, 0.15) is 11.4 Å². The van der Waals surface area contributed by atoms with Crippen LogP contribution in [-0.2, 0) is 11.2 Å². The molecule has 10 heteroatoms. The highest BCUT2D eigenvalue weighted by Crippen LogP contribution is 2.29. The fourth-order valence-electron chi connectivity index (χ4n) is 2.39. The van der Waals surface area contributed by atoms with E-state index in [-0.39, 0.29) is 23.0 Å². The number of carbonyl (C=O) groups is 1. The van der Waals surface area contributed by atoms with Gasteiger partial charge in [0, 0.05) is 11.6 Å². The molecule has 0 spiro atoms. The second-order valence-corrected chi connectivity index (χ2v) is 5.60. The van der Waals surface area contributed by atoms with Crippen molar-refractivity contribution in [2.45, 2.75) is 12.8 Å². The maximum absolute atomic E-state index is 13.5. The van der Waals surface area contributed by atoms with Gasteiger partial charge in [0.2, 0.25) is 34.8 Å². The topological polar surface area (TPSA) is 56.5 Å². The van der Waals surface area contributed by atoms with E-state index in [2.05, 4.69) is 4.74 Å². The van der Waals surface area contributed by atoms with E-state index in [9.17, 15) is 35.9 Å². The van der Waals surface area contributed by atoms with Crippen LogP contribution < -0.4 is 10.2 Å². The zero-order chi connectivity index (χ0) is 20.6. The second-order valence-electron chi connectivity index (χ2n) is 5.60. The summed E-state index contributed by atoms with van der Waals surface area (Å²) in [6.45, 7) is 0. The lowest BCUT2D eigenvalue weighted by Crippen LogP contribution is -2.16. The van der Waals surface area contributed by atoms with Gasteiger partial charge in [-0.15, -0.1) is 0 Å². The summed E-state index contributed by atoms with van der Waals surface area (Å²) in [5.41, 5.74) is -0.642. The van der Waals surface area contributed by atoms with Crippen molar-refractivity contribution in [3.8, 4) is 5.75 Å². The molecule has 0 atom stereocenters. The summed E-state index contributed by atoms with van der Waals surface area (Å²) in [4.78, 5) is 24.0. The first-order valence-electron chi connectivity index (χ1n) is 7.62. The Kier molecular flexibility index (Phi) is 5.12. The maximum atomic E-state index is 13.5. The van der Waals surface area contributed by atoms with Gasteiger partial charge in [-0.2, -0.15) is 8.78 Å². The average molecular weight is 402 g/mol. The summed E-state index contributed by atoms with van der Waals surface area (Å²) in [5.74, 6) is -15.2. The molecule has 28 heavy (non-hydrogen) atoms. The van der Waals surface area contributed by atoms with Crippen molar-refractivity contribution in [2.75, 3.05) is 0 Å². The maximum Gasteiger partial charge on any atom is 0.311 e. The van der Waals surface area contributed by atoms with Crippen LogP contribution in [-0.4, -0.2) is 5.97 Å². The molecule has 2 aromatic carbocycles. The van der Waals surface area contributed by atoms with Gasteiger partial charge in [-0.3, -0.25) is 9.59 Å². The third-order valence-electron chi connectivity index (χ3n) is 3.79. The quantitative estimate of drug-likeness (QED) is 0.216. The molecule has 146 valence electrons. The number of rotatable bonds is 4. The fraction of sp³-hybridized carbons (Fsp3) is 0.111. The highest BCUT2D eigenvalue weighted by Gasteiger charge is 2.28. The number of aryl methyl sites for hydroxylation is 1. The van der Waals surface area contributed by atoms with Gasteiger partial charge in [0.25, 0.3) is 0 Å². The van der Waals surface area contributed by atoms with Crippen molar-refractivity contribution in [3.05, 3.63) is 75.2 Å². The molecule has 3 aromatic rings. The predicted molar refractivity (Wildman–Crippen MR) is 82.6 cm³/mol. The Bertz CT molecular complexity index is 1130. The molecular formula is C18H8F6O4. The molecule has 0 unspecified atom stereocenters. The molecule has 0 aliphatic heterocycles. The molecule has 0 aliphatic rings. The summed E-state index contributed by atoms with van der Waals surface area (Å²) in [5, 5.41) is 0.0343. The van der Waals surface area contributed by atoms with Crippen molar-refractivity contribution in [2.24, 2.45) is 0 Å². The van der Waals surface area contributed by atoms with E-state index >= 15 is 0 Å². The van der Waals surface area contributed by atoms with Crippen LogP contribution in [0.3, 0.4) is 0 Å². The molecule has 1 aromatic heterocycles. The van der Waals surface area contributed by atoms with Crippen molar-refractivity contribution in [1.82, 2.24) is 0 Å². The number of carbonyl (C=O) groups excluding carboxylic acids is 1. The first-order chi connectivity index (χ1) is 13.2. The number of halogens is 6. The molecule has 0 aliphatic carbocycles. The van der Waals surface area contributed by atoms with E-state index in [4.69, 9.17) is 4.42 Å². The Morgan fingerprint density at radius 1 is 0.929 bits per heavy atom. The van der Waals surface area contributed by atoms with Gasteiger partial charge in [0.05, 0.1) is 18.1 Å². The summed E-state index contributed by atoms with van der Waals surface area (Å²) in [6, 6.07) is 3.19. The van der Waals surface area contributed by atoms with E-state index in [1.54, 1.807) is 0 Å². The minimum absolute atomic E-state index is 0.0299. The zero-order valence-electron chi connectivity index (χ0n) is 13.6. The molecule has 0 radical (unpaired) electrons. The SMILES string of the molecule is O=C(CCc1coc2cc(F)ccc2c1=O)Oc1c(F)c(F)c(F)c(F)c1F. The third-order valence-corrected chi connectivity index (χ3v) is 3.79. The van der Waals surface area contributed by atoms with Crippen molar-refractivity contribution in [3.63, 3.8) is 0 Å². The third kappa shape index (κ3) is 3.45. The van der Waals surface area contributed by atoms with E-state index in [0.29, 0.717) is 0 Å². The molecule has 0 bridgehead atoms. The van der Waals surface area contributed by atoms with Gasteiger partial charge < -0.3 is 9.15 Å². The van der Waals surface area contributed by atoms with Gasteiger partial charge in [-0.05, 0) is 18.6 Å². The van der Waals surface area contributed by atoms with E-state index < -0.39 is 58.5 Å². The molecule has 0 amide bonds. The van der Waals surface area contributed by atoms with Crippen molar-refractivity contribution < 1.29 is 40.3 Å². The molecule has 0 saturated heterocycles. The lowest BCUT2D eigenvalue weighted by atomic mass is 10.1. The van der Waals surface area contributed by atoms with E-state index in [1.807, 2.05) is 0 Å². The highest BCUT2D eigenvalue weighted by molar-refractivity contribution is 5.77. The minimum Gasteiger partial charge on any atom is -0.464 e. The number of esters is 1. The molecule has 1 heterocycles. The van der Waals surface area contributed by atoms with Gasteiger partial charge in [-0.1, -0.05) is 0 Å². The molecule has 0 N–H and O–H groups in total. The molecule has 0 fully saturated rings. The van der Waals surface area contributed by atoms with Crippen LogP contribution in [0.15, 0.2) is 33.7 Å². The first kappa shape index (κ1) is 19.5. The first-order valence-corrected chi connectivity index (χ1v) is 7.62. The van der Waals surface area contributed by atoms with Crippen LogP contribution in [0.2, 0.25) is 0 Å². The zero-order valence-corrected chi connectivity index (χ0v) is 13.6. The Morgan fingerprint density at radius 2 is 1.54 bits per heavy atom. The largest absolute Gasteiger partial charge is 0.464 e. The van der Waals surface area contributed by atoms with E-state index in [1.165, 1.54) is 6.07 Å². The molecule has 4 nitrogen and oxygen atoms in total. The number of hydrogen-bond acceptors (Lipinski definition) is 4. The molecular weight excluding hydrogens is 394 g/mol. The summed E-state index contributed by atoms with van der Waals surface area (Å²) in [7, 11) is 0.